The number of amides is 2. The molecule has 2 aromatic carbocycles. The number of carbonyl (C=O) groups is 2. The molecule has 0 aliphatic carbocycles. The number of hydrogen-bond acceptors (Lipinski definition) is 4. The average Bonchev–Trinajstić information content (AvgIpc) is 3.09. The van der Waals surface area contributed by atoms with Gasteiger partial charge in [-0.15, -0.1) is 0 Å². The minimum Gasteiger partial charge on any atom is -0.396 e. The number of aliphatic hydroxyl groups excluding tert-OH is 1. The SMILES string of the molecule is Cn1ncc2cc(-c3ccc(C(=O)N4CCNC(=O)C4CCO)cc3)ccc21. The van der Waals surface area contributed by atoms with Crippen LogP contribution in [0.4, 0.5) is 0 Å². The van der Waals surface area contributed by atoms with E-state index in [0.29, 0.717) is 18.7 Å². The molecular formula is C21H22N4O3. The number of carbonyl (C=O) groups excluding carboxylic acids is 2. The molecule has 7 heteroatoms. The summed E-state index contributed by atoms with van der Waals surface area (Å²) in [7, 11) is 1.91. The molecule has 3 aromatic rings. The molecule has 1 atom stereocenters. The first-order valence-corrected chi connectivity index (χ1v) is 9.30. The maximum Gasteiger partial charge on any atom is 0.254 e. The number of aryl methyl sites for hydroxylation is 1. The Morgan fingerprint density at radius 1 is 1.21 bits per heavy atom. The summed E-state index contributed by atoms with van der Waals surface area (Å²) in [4.78, 5) is 26.5. The van der Waals surface area contributed by atoms with Gasteiger partial charge in [0.05, 0.1) is 11.7 Å². The van der Waals surface area contributed by atoms with Crippen molar-refractivity contribution in [1.29, 1.82) is 0 Å². The van der Waals surface area contributed by atoms with Crippen molar-refractivity contribution in [3.05, 3.63) is 54.2 Å². The first kappa shape index (κ1) is 18.2. The van der Waals surface area contributed by atoms with Crippen LogP contribution in [-0.2, 0) is 11.8 Å². The van der Waals surface area contributed by atoms with Crippen molar-refractivity contribution >= 4 is 22.7 Å². The largest absolute Gasteiger partial charge is 0.396 e. The standard InChI is InChI=1S/C21H22N4O3/c1-24-18-7-6-16(12-17(18)13-23-24)14-2-4-15(5-3-14)21(28)25-10-9-22-20(27)19(25)8-11-26/h2-7,12-13,19,26H,8-11H2,1H3,(H,22,27). The number of aromatic nitrogens is 2. The Morgan fingerprint density at radius 3 is 2.71 bits per heavy atom. The molecule has 4 rings (SSSR count). The van der Waals surface area contributed by atoms with Crippen LogP contribution in [0.2, 0.25) is 0 Å². The van der Waals surface area contributed by atoms with E-state index in [4.69, 9.17) is 0 Å². The monoisotopic (exact) mass is 378 g/mol. The molecule has 28 heavy (non-hydrogen) atoms. The number of aliphatic hydroxyl groups is 1. The zero-order chi connectivity index (χ0) is 19.7. The van der Waals surface area contributed by atoms with Gasteiger partial charge < -0.3 is 15.3 Å². The maximum absolute atomic E-state index is 12.9. The molecule has 0 saturated carbocycles. The predicted octanol–water partition coefficient (Wildman–Crippen LogP) is 1.56. The summed E-state index contributed by atoms with van der Waals surface area (Å²) in [5.41, 5.74) is 3.65. The van der Waals surface area contributed by atoms with E-state index in [9.17, 15) is 14.7 Å². The quantitative estimate of drug-likeness (QED) is 0.721. The summed E-state index contributed by atoms with van der Waals surface area (Å²) in [5, 5.41) is 17.3. The first-order chi connectivity index (χ1) is 13.6. The Kier molecular flexibility index (Phi) is 4.83. The fourth-order valence-electron chi connectivity index (χ4n) is 3.68. The van der Waals surface area contributed by atoms with Gasteiger partial charge in [-0.1, -0.05) is 18.2 Å². The Bertz CT molecular complexity index is 1030. The minimum absolute atomic E-state index is 0.141. The molecule has 7 nitrogen and oxygen atoms in total. The number of benzene rings is 2. The van der Waals surface area contributed by atoms with Crippen LogP contribution in [0.5, 0.6) is 0 Å². The number of hydrogen-bond donors (Lipinski definition) is 2. The molecule has 1 fully saturated rings. The first-order valence-electron chi connectivity index (χ1n) is 9.30. The molecule has 1 aromatic heterocycles. The van der Waals surface area contributed by atoms with Crippen molar-refractivity contribution in [3.8, 4) is 11.1 Å². The van der Waals surface area contributed by atoms with Crippen LogP contribution in [0.25, 0.3) is 22.0 Å². The molecule has 2 heterocycles. The van der Waals surface area contributed by atoms with E-state index in [1.165, 1.54) is 0 Å². The Balaban J connectivity index is 1.57. The van der Waals surface area contributed by atoms with Crippen molar-refractivity contribution in [2.24, 2.45) is 7.05 Å². The molecule has 1 aliphatic heterocycles. The zero-order valence-electron chi connectivity index (χ0n) is 15.6. The van der Waals surface area contributed by atoms with E-state index in [-0.39, 0.29) is 24.8 Å². The van der Waals surface area contributed by atoms with Crippen molar-refractivity contribution in [1.82, 2.24) is 20.0 Å². The third-order valence-electron chi connectivity index (χ3n) is 5.21. The van der Waals surface area contributed by atoms with Crippen LogP contribution in [0, 0.1) is 0 Å². The summed E-state index contributed by atoms with van der Waals surface area (Å²) < 4.78 is 1.83. The number of fused-ring (bicyclic) bond motifs is 1. The van der Waals surface area contributed by atoms with E-state index in [1.807, 2.05) is 42.2 Å². The highest BCUT2D eigenvalue weighted by Crippen LogP contribution is 2.25. The second kappa shape index (κ2) is 7.44. The van der Waals surface area contributed by atoms with E-state index in [0.717, 1.165) is 22.0 Å². The number of nitrogens with one attached hydrogen (secondary N) is 1. The molecule has 0 spiro atoms. The Hall–Kier alpha value is -3.19. The van der Waals surface area contributed by atoms with Crippen molar-refractivity contribution < 1.29 is 14.7 Å². The van der Waals surface area contributed by atoms with Crippen molar-refractivity contribution in [2.75, 3.05) is 19.7 Å². The molecule has 0 radical (unpaired) electrons. The normalized spacial score (nSPS) is 17.0. The number of rotatable bonds is 4. The van der Waals surface area contributed by atoms with Crippen LogP contribution >= 0.6 is 0 Å². The Morgan fingerprint density at radius 2 is 1.96 bits per heavy atom. The molecular weight excluding hydrogens is 356 g/mol. The van der Waals surface area contributed by atoms with Gasteiger partial charge in [0.2, 0.25) is 5.91 Å². The van der Waals surface area contributed by atoms with Crippen LogP contribution in [0.15, 0.2) is 48.7 Å². The average molecular weight is 378 g/mol. The van der Waals surface area contributed by atoms with Gasteiger partial charge in [-0.2, -0.15) is 5.10 Å². The highest BCUT2D eigenvalue weighted by Gasteiger charge is 2.32. The summed E-state index contributed by atoms with van der Waals surface area (Å²) in [6.45, 7) is 0.724. The third kappa shape index (κ3) is 3.25. The van der Waals surface area contributed by atoms with Crippen LogP contribution in [-0.4, -0.2) is 57.3 Å². The summed E-state index contributed by atoms with van der Waals surface area (Å²) in [5.74, 6) is -0.405. The summed E-state index contributed by atoms with van der Waals surface area (Å²) >= 11 is 0. The molecule has 0 bridgehead atoms. The molecule has 2 N–H and O–H groups in total. The van der Waals surface area contributed by atoms with E-state index in [2.05, 4.69) is 16.5 Å². The lowest BCUT2D eigenvalue weighted by Crippen LogP contribution is -2.57. The lowest BCUT2D eigenvalue weighted by molar-refractivity contribution is -0.128. The molecule has 144 valence electrons. The molecule has 1 saturated heterocycles. The van der Waals surface area contributed by atoms with Crippen LogP contribution in [0.1, 0.15) is 16.8 Å². The zero-order valence-corrected chi connectivity index (χ0v) is 15.6. The minimum atomic E-state index is -0.626. The Labute approximate surface area is 162 Å². The number of nitrogens with zero attached hydrogens (tertiary/aromatic N) is 3. The second-order valence-electron chi connectivity index (χ2n) is 6.94. The summed E-state index contributed by atoms with van der Waals surface area (Å²) in [6.07, 6.45) is 2.07. The highest BCUT2D eigenvalue weighted by atomic mass is 16.3. The topological polar surface area (TPSA) is 87.5 Å². The van der Waals surface area contributed by atoms with Crippen LogP contribution < -0.4 is 5.32 Å². The summed E-state index contributed by atoms with van der Waals surface area (Å²) in [6, 6.07) is 12.9. The fourth-order valence-corrected chi connectivity index (χ4v) is 3.68. The van der Waals surface area contributed by atoms with E-state index < -0.39 is 6.04 Å². The third-order valence-corrected chi connectivity index (χ3v) is 5.21. The molecule has 2 amide bonds. The lowest BCUT2D eigenvalue weighted by atomic mass is 10.0. The van der Waals surface area contributed by atoms with Gasteiger partial charge in [0.1, 0.15) is 6.04 Å². The number of piperazine rings is 1. The van der Waals surface area contributed by atoms with Crippen molar-refractivity contribution in [2.45, 2.75) is 12.5 Å². The smallest absolute Gasteiger partial charge is 0.254 e. The van der Waals surface area contributed by atoms with Gasteiger partial charge in [0, 0.05) is 37.7 Å². The van der Waals surface area contributed by atoms with Gasteiger partial charge >= 0.3 is 0 Å². The lowest BCUT2D eigenvalue weighted by Gasteiger charge is -2.34. The highest BCUT2D eigenvalue weighted by molar-refractivity contribution is 5.98. The van der Waals surface area contributed by atoms with E-state index >= 15 is 0 Å². The van der Waals surface area contributed by atoms with Gasteiger partial charge in [-0.25, -0.2) is 0 Å². The van der Waals surface area contributed by atoms with Gasteiger partial charge in [-0.05, 0) is 41.8 Å². The van der Waals surface area contributed by atoms with Crippen molar-refractivity contribution in [3.63, 3.8) is 0 Å². The van der Waals surface area contributed by atoms with Gasteiger partial charge in [-0.3, -0.25) is 14.3 Å². The van der Waals surface area contributed by atoms with E-state index in [1.54, 1.807) is 17.0 Å². The fraction of sp³-hybridized carbons (Fsp3) is 0.286. The molecule has 1 unspecified atom stereocenters. The van der Waals surface area contributed by atoms with Crippen LogP contribution in [0.3, 0.4) is 0 Å². The second-order valence-corrected chi connectivity index (χ2v) is 6.94. The van der Waals surface area contributed by atoms with Gasteiger partial charge in [0.25, 0.3) is 5.91 Å². The molecule has 1 aliphatic rings. The maximum atomic E-state index is 12.9. The van der Waals surface area contributed by atoms with Gasteiger partial charge in [0.15, 0.2) is 0 Å². The predicted molar refractivity (Wildman–Crippen MR) is 106 cm³/mol.